The maximum Gasteiger partial charge on any atom is 0.210 e. The molecule has 5 nitrogen and oxygen atoms in total. The van der Waals surface area contributed by atoms with Crippen LogP contribution in [0.4, 0.5) is 8.78 Å². The summed E-state index contributed by atoms with van der Waals surface area (Å²) in [7, 11) is 0. The molecule has 0 fully saturated rings. The molecule has 0 spiro atoms. The van der Waals surface area contributed by atoms with Gasteiger partial charge in [0.1, 0.15) is 11.6 Å². The summed E-state index contributed by atoms with van der Waals surface area (Å²) >= 11 is 0. The van der Waals surface area contributed by atoms with Crippen molar-refractivity contribution >= 4 is 11.9 Å². The first-order valence-corrected chi connectivity index (χ1v) is 10.7. The van der Waals surface area contributed by atoms with Gasteiger partial charge < -0.3 is 4.57 Å². The number of benzene rings is 2. The van der Waals surface area contributed by atoms with Crippen LogP contribution in [0, 0.1) is 19.7 Å². The molecule has 4 aromatic rings. The molecule has 0 saturated heterocycles. The van der Waals surface area contributed by atoms with Crippen molar-refractivity contribution in [2.75, 3.05) is 0 Å². The Hall–Kier alpha value is -3.61. The van der Waals surface area contributed by atoms with Gasteiger partial charge in [0.2, 0.25) is 5.82 Å². The van der Waals surface area contributed by atoms with E-state index in [1.54, 1.807) is 23.1 Å². The quantitative estimate of drug-likeness (QED) is 0.422. The number of aromatic nitrogens is 5. The molecule has 0 aliphatic carbocycles. The van der Waals surface area contributed by atoms with Crippen molar-refractivity contribution in [2.45, 2.75) is 39.2 Å². The SMILES string of the molecule is Cc1cn(-c2ccc(/C=C(\F)c3nc4n(n3)CCCC4c3ccc(F)cc3)cc2C)cn1. The van der Waals surface area contributed by atoms with E-state index in [9.17, 15) is 4.39 Å². The zero-order chi connectivity index (χ0) is 22.2. The highest BCUT2D eigenvalue weighted by Gasteiger charge is 2.26. The average Bonchev–Trinajstić information content (AvgIpc) is 3.41. The van der Waals surface area contributed by atoms with Gasteiger partial charge in [-0.2, -0.15) is 0 Å². The molecule has 1 aliphatic heterocycles. The summed E-state index contributed by atoms with van der Waals surface area (Å²) in [6.45, 7) is 4.63. The summed E-state index contributed by atoms with van der Waals surface area (Å²) in [4.78, 5) is 8.78. The highest BCUT2D eigenvalue weighted by molar-refractivity contribution is 5.74. The van der Waals surface area contributed by atoms with Crippen LogP contribution in [0.5, 0.6) is 0 Å². The van der Waals surface area contributed by atoms with Crippen molar-refractivity contribution in [3.8, 4) is 5.69 Å². The molecule has 5 rings (SSSR count). The van der Waals surface area contributed by atoms with Crippen LogP contribution in [0.1, 0.15) is 52.8 Å². The van der Waals surface area contributed by atoms with Crippen LogP contribution in [-0.4, -0.2) is 24.3 Å². The first-order valence-electron chi connectivity index (χ1n) is 10.7. The fourth-order valence-corrected chi connectivity index (χ4v) is 4.28. The average molecular weight is 431 g/mol. The highest BCUT2D eigenvalue weighted by Crippen LogP contribution is 2.33. The first kappa shape index (κ1) is 20.3. The van der Waals surface area contributed by atoms with E-state index in [1.165, 1.54) is 18.2 Å². The van der Waals surface area contributed by atoms with Crippen molar-refractivity contribution in [3.05, 3.63) is 94.8 Å². The van der Waals surface area contributed by atoms with E-state index in [4.69, 9.17) is 0 Å². The molecule has 3 heterocycles. The second kappa shape index (κ2) is 8.15. The Kier molecular flexibility index (Phi) is 5.17. The first-order chi connectivity index (χ1) is 15.5. The topological polar surface area (TPSA) is 48.5 Å². The number of hydrogen-bond donors (Lipinski definition) is 0. The maximum atomic E-state index is 15.1. The molecule has 1 unspecified atom stereocenters. The van der Waals surface area contributed by atoms with Crippen LogP contribution in [-0.2, 0) is 6.54 Å². The lowest BCUT2D eigenvalue weighted by Gasteiger charge is -2.22. The molecule has 162 valence electrons. The lowest BCUT2D eigenvalue weighted by molar-refractivity contribution is 0.445. The standard InChI is InChI=1S/C25H23F2N5/c1-16-12-18(5-10-23(16)31-14-17(2)28-15-31)13-22(27)24-29-25-21(4-3-11-32(25)30-24)19-6-8-20(26)9-7-19/h5-10,12-15,21H,3-4,11H2,1-2H3/b22-13-. The summed E-state index contributed by atoms with van der Waals surface area (Å²) in [6, 6.07) is 12.2. The minimum atomic E-state index is -0.476. The third kappa shape index (κ3) is 3.86. The van der Waals surface area contributed by atoms with Gasteiger partial charge in [0.25, 0.3) is 0 Å². The van der Waals surface area contributed by atoms with E-state index in [1.807, 2.05) is 42.8 Å². The summed E-state index contributed by atoms with van der Waals surface area (Å²) < 4.78 is 32.2. The smallest absolute Gasteiger partial charge is 0.210 e. The number of halogens is 2. The minimum Gasteiger partial charge on any atom is -0.306 e. The van der Waals surface area contributed by atoms with Crippen LogP contribution in [0.2, 0.25) is 0 Å². The van der Waals surface area contributed by atoms with Crippen LogP contribution in [0.25, 0.3) is 17.6 Å². The molecular weight excluding hydrogens is 408 g/mol. The number of imidazole rings is 1. The fourth-order valence-electron chi connectivity index (χ4n) is 4.28. The third-order valence-corrected chi connectivity index (χ3v) is 5.86. The van der Waals surface area contributed by atoms with E-state index in [-0.39, 0.29) is 17.6 Å². The lowest BCUT2D eigenvalue weighted by Crippen LogP contribution is -2.17. The Morgan fingerprint density at radius 3 is 2.66 bits per heavy atom. The van der Waals surface area contributed by atoms with Crippen LogP contribution < -0.4 is 0 Å². The second-order valence-electron chi connectivity index (χ2n) is 8.22. The summed E-state index contributed by atoms with van der Waals surface area (Å²) in [5.41, 5.74) is 4.66. The highest BCUT2D eigenvalue weighted by atomic mass is 19.1. The van der Waals surface area contributed by atoms with Gasteiger partial charge in [-0.15, -0.1) is 5.10 Å². The summed E-state index contributed by atoms with van der Waals surface area (Å²) in [5.74, 6) is 0.0449. The molecule has 0 amide bonds. The van der Waals surface area contributed by atoms with Crippen molar-refractivity contribution in [1.82, 2.24) is 24.3 Å². The summed E-state index contributed by atoms with van der Waals surface area (Å²) in [5, 5.41) is 4.41. The van der Waals surface area contributed by atoms with Gasteiger partial charge in [0.15, 0.2) is 5.83 Å². The predicted octanol–water partition coefficient (Wildman–Crippen LogP) is 5.61. The van der Waals surface area contributed by atoms with Gasteiger partial charge in [0.05, 0.1) is 12.0 Å². The molecule has 2 aromatic carbocycles. The maximum absolute atomic E-state index is 15.1. The van der Waals surface area contributed by atoms with Gasteiger partial charge in [-0.05, 0) is 73.7 Å². The second-order valence-corrected chi connectivity index (χ2v) is 8.22. The van der Waals surface area contributed by atoms with E-state index in [2.05, 4.69) is 15.1 Å². The lowest BCUT2D eigenvalue weighted by atomic mass is 9.91. The fraction of sp³-hybridized carbons (Fsp3) is 0.240. The van der Waals surface area contributed by atoms with Gasteiger partial charge >= 0.3 is 0 Å². The van der Waals surface area contributed by atoms with Crippen LogP contribution in [0.15, 0.2) is 55.0 Å². The van der Waals surface area contributed by atoms with E-state index in [0.717, 1.165) is 46.7 Å². The number of aryl methyl sites for hydroxylation is 3. The van der Waals surface area contributed by atoms with Crippen LogP contribution >= 0.6 is 0 Å². The molecule has 0 radical (unpaired) electrons. The zero-order valence-electron chi connectivity index (χ0n) is 18.0. The Bertz CT molecular complexity index is 1300. The number of rotatable bonds is 4. The largest absolute Gasteiger partial charge is 0.306 e. The molecule has 1 aliphatic rings. The molecule has 32 heavy (non-hydrogen) atoms. The van der Waals surface area contributed by atoms with Crippen molar-refractivity contribution in [1.29, 1.82) is 0 Å². The van der Waals surface area contributed by atoms with Gasteiger partial charge in [0, 0.05) is 24.3 Å². The predicted molar refractivity (Wildman–Crippen MR) is 120 cm³/mol. The van der Waals surface area contributed by atoms with E-state index >= 15 is 4.39 Å². The third-order valence-electron chi connectivity index (χ3n) is 5.86. The van der Waals surface area contributed by atoms with E-state index in [0.29, 0.717) is 6.54 Å². The Morgan fingerprint density at radius 1 is 1.12 bits per heavy atom. The van der Waals surface area contributed by atoms with Crippen molar-refractivity contribution in [3.63, 3.8) is 0 Å². The number of nitrogens with zero attached hydrogens (tertiary/aromatic N) is 5. The van der Waals surface area contributed by atoms with Crippen LogP contribution in [0.3, 0.4) is 0 Å². The van der Waals surface area contributed by atoms with Crippen molar-refractivity contribution < 1.29 is 8.78 Å². The number of fused-ring (bicyclic) bond motifs is 1. The Labute approximate surface area is 185 Å². The van der Waals surface area contributed by atoms with Crippen molar-refractivity contribution in [2.24, 2.45) is 0 Å². The molecular formula is C25H23F2N5. The molecule has 7 heteroatoms. The molecule has 0 saturated carbocycles. The molecule has 1 atom stereocenters. The Balaban J connectivity index is 1.43. The summed E-state index contributed by atoms with van der Waals surface area (Å²) in [6.07, 6.45) is 6.98. The van der Waals surface area contributed by atoms with Gasteiger partial charge in [-0.3, -0.25) is 0 Å². The number of hydrogen-bond acceptors (Lipinski definition) is 3. The van der Waals surface area contributed by atoms with E-state index < -0.39 is 5.83 Å². The molecule has 0 N–H and O–H groups in total. The minimum absolute atomic E-state index is 0.0152. The normalized spacial score (nSPS) is 16.2. The molecule has 0 bridgehead atoms. The zero-order valence-corrected chi connectivity index (χ0v) is 18.0. The Morgan fingerprint density at radius 2 is 1.94 bits per heavy atom. The molecule has 2 aromatic heterocycles. The monoisotopic (exact) mass is 431 g/mol. The van der Waals surface area contributed by atoms with Gasteiger partial charge in [-0.1, -0.05) is 18.2 Å². The van der Waals surface area contributed by atoms with Gasteiger partial charge in [-0.25, -0.2) is 23.4 Å².